The zero-order valence-electron chi connectivity index (χ0n) is 14.9. The summed E-state index contributed by atoms with van der Waals surface area (Å²) in [7, 11) is 1.68. The van der Waals surface area contributed by atoms with Crippen LogP contribution < -0.4 is 10.1 Å². The smallest absolute Gasteiger partial charge is 0.412 e. The molecule has 0 heterocycles. The molecule has 25 heavy (non-hydrogen) atoms. The summed E-state index contributed by atoms with van der Waals surface area (Å²) in [6.45, 7) is 8.12. The Balaban J connectivity index is 0.000000535. The van der Waals surface area contributed by atoms with Gasteiger partial charge in [-0.05, 0) is 38.0 Å². The van der Waals surface area contributed by atoms with Crippen molar-refractivity contribution in [3.63, 3.8) is 0 Å². The Morgan fingerprint density at radius 1 is 1.32 bits per heavy atom. The maximum Gasteiger partial charge on any atom is 0.412 e. The third kappa shape index (κ3) is 10.1. The molecular formula is C19H24F3NO2. The Morgan fingerprint density at radius 3 is 2.32 bits per heavy atom. The molecule has 1 N–H and O–H groups in total. The van der Waals surface area contributed by atoms with Gasteiger partial charge in [-0.25, -0.2) is 0 Å². The number of nitrogens with one attached hydrogen (secondary N) is 1. The fourth-order valence-electron chi connectivity index (χ4n) is 1.78. The highest BCUT2D eigenvalue weighted by Gasteiger charge is 2.31. The van der Waals surface area contributed by atoms with Crippen molar-refractivity contribution >= 4 is 5.91 Å². The molecule has 1 amide bonds. The van der Waals surface area contributed by atoms with Gasteiger partial charge in [-0.3, -0.25) is 4.79 Å². The van der Waals surface area contributed by atoms with Gasteiger partial charge in [-0.1, -0.05) is 36.9 Å². The lowest BCUT2D eigenvalue weighted by Crippen LogP contribution is -2.16. The van der Waals surface area contributed by atoms with Crippen molar-refractivity contribution in [1.29, 1.82) is 0 Å². The lowest BCUT2D eigenvalue weighted by atomic mass is 10.1. The van der Waals surface area contributed by atoms with Crippen LogP contribution in [-0.4, -0.2) is 19.2 Å². The first-order chi connectivity index (χ1) is 11.6. The number of carbonyl (C=O) groups excluding carboxylic acids is 1. The average molecular weight is 355 g/mol. The van der Waals surface area contributed by atoms with Crippen LogP contribution in [0, 0.1) is 6.92 Å². The molecule has 1 aromatic carbocycles. The molecule has 0 aromatic heterocycles. The van der Waals surface area contributed by atoms with Crippen LogP contribution in [0.4, 0.5) is 13.2 Å². The number of allylic oxidation sites excluding steroid dienone is 4. The minimum atomic E-state index is -4.31. The molecule has 138 valence electrons. The van der Waals surface area contributed by atoms with Crippen LogP contribution in [0.1, 0.15) is 25.8 Å². The predicted octanol–water partition coefficient (Wildman–Crippen LogP) is 5.09. The van der Waals surface area contributed by atoms with E-state index in [0.29, 0.717) is 0 Å². The highest BCUT2D eigenvalue weighted by molar-refractivity contribution is 5.75. The van der Waals surface area contributed by atoms with E-state index in [1.54, 1.807) is 7.11 Å². The first-order valence-corrected chi connectivity index (χ1v) is 7.56. The maximum atomic E-state index is 12.3. The van der Waals surface area contributed by atoms with Gasteiger partial charge in [0.1, 0.15) is 5.75 Å². The number of amides is 1. The highest BCUT2D eigenvalue weighted by Crippen LogP contribution is 2.28. The van der Waals surface area contributed by atoms with E-state index >= 15 is 0 Å². The van der Waals surface area contributed by atoms with Crippen molar-refractivity contribution in [3.8, 4) is 5.75 Å². The van der Waals surface area contributed by atoms with Crippen LogP contribution in [0.25, 0.3) is 0 Å². The number of ether oxygens (including phenoxy) is 1. The Morgan fingerprint density at radius 2 is 1.92 bits per heavy atom. The highest BCUT2D eigenvalue weighted by atomic mass is 19.4. The van der Waals surface area contributed by atoms with Crippen LogP contribution in [0.5, 0.6) is 5.75 Å². The van der Waals surface area contributed by atoms with E-state index in [0.717, 1.165) is 11.8 Å². The van der Waals surface area contributed by atoms with Crippen LogP contribution >= 0.6 is 0 Å². The number of carbonyl (C=O) groups is 1. The molecule has 0 aliphatic carbocycles. The van der Waals surface area contributed by atoms with Gasteiger partial charge >= 0.3 is 6.18 Å². The lowest BCUT2D eigenvalue weighted by molar-refractivity contribution is -0.118. The van der Waals surface area contributed by atoms with Crippen LogP contribution in [-0.2, 0) is 4.79 Å². The largest absolute Gasteiger partial charge is 0.496 e. The van der Waals surface area contributed by atoms with Crippen molar-refractivity contribution in [3.05, 3.63) is 65.9 Å². The van der Waals surface area contributed by atoms with Gasteiger partial charge in [-0.2, -0.15) is 13.2 Å². The summed E-state index contributed by atoms with van der Waals surface area (Å²) in [6, 6.07) is 7.94. The molecule has 0 aliphatic heterocycles. The number of alkyl halides is 3. The second-order valence-corrected chi connectivity index (χ2v) is 5.09. The quantitative estimate of drug-likeness (QED) is 0.590. The van der Waals surface area contributed by atoms with Crippen LogP contribution in [0.3, 0.4) is 0 Å². The summed E-state index contributed by atoms with van der Waals surface area (Å²) in [4.78, 5) is 10.6. The fourth-order valence-corrected chi connectivity index (χ4v) is 1.78. The first kappa shape index (κ1) is 22.5. The Bertz CT molecular complexity index is 632. The summed E-state index contributed by atoms with van der Waals surface area (Å²) in [6.07, 6.45) is -0.879. The number of hydrogen-bond acceptors (Lipinski definition) is 2. The van der Waals surface area contributed by atoms with E-state index in [-0.39, 0.29) is 18.0 Å². The number of para-hydroxylation sites is 1. The van der Waals surface area contributed by atoms with E-state index < -0.39 is 11.7 Å². The number of rotatable bonds is 5. The molecule has 3 nitrogen and oxygen atoms in total. The summed E-state index contributed by atoms with van der Waals surface area (Å²) >= 11 is 0. The van der Waals surface area contributed by atoms with Crippen molar-refractivity contribution in [2.24, 2.45) is 0 Å². The number of benzene rings is 1. The van der Waals surface area contributed by atoms with E-state index in [1.807, 2.05) is 31.2 Å². The molecule has 0 radical (unpaired) electrons. The van der Waals surface area contributed by atoms with Crippen molar-refractivity contribution in [2.75, 3.05) is 7.11 Å². The first-order valence-electron chi connectivity index (χ1n) is 7.56. The summed E-state index contributed by atoms with van der Waals surface area (Å²) < 4.78 is 41.8. The number of methoxy groups -OCH3 is 1. The standard InChI is InChI=1S/C11H14F3NO.C8H10O/c1-4-10(11(12,13)14)7-5-6-8(2)15-9(3)16;1-7-5-3-4-6-8(7)9-2/h4-6H,2,7H2,1,3H3,(H,15,16);3-6H,1-2H3/b6-5?,10-4+;. The second-order valence-electron chi connectivity index (χ2n) is 5.09. The van der Waals surface area contributed by atoms with Crippen LogP contribution in [0.15, 0.2) is 60.3 Å². The van der Waals surface area contributed by atoms with Crippen molar-refractivity contribution in [2.45, 2.75) is 33.4 Å². The van der Waals surface area contributed by atoms with Crippen LogP contribution in [0.2, 0.25) is 0 Å². The van der Waals surface area contributed by atoms with Gasteiger partial charge in [0.25, 0.3) is 0 Å². The summed E-state index contributed by atoms with van der Waals surface area (Å²) in [5.74, 6) is 0.647. The molecule has 6 heteroatoms. The zero-order valence-corrected chi connectivity index (χ0v) is 14.9. The van der Waals surface area contributed by atoms with Crippen molar-refractivity contribution in [1.82, 2.24) is 5.32 Å². The predicted molar refractivity (Wildman–Crippen MR) is 94.3 cm³/mol. The molecule has 1 aromatic rings. The van der Waals surface area contributed by atoms with Gasteiger partial charge in [-0.15, -0.1) is 0 Å². The average Bonchev–Trinajstić information content (AvgIpc) is 2.50. The monoisotopic (exact) mass is 355 g/mol. The summed E-state index contributed by atoms with van der Waals surface area (Å²) in [5, 5.41) is 2.35. The molecule has 0 unspecified atom stereocenters. The van der Waals surface area contributed by atoms with E-state index in [2.05, 4.69) is 11.9 Å². The topological polar surface area (TPSA) is 38.3 Å². The number of hydrogen-bond donors (Lipinski definition) is 1. The molecule has 0 saturated carbocycles. The van der Waals surface area contributed by atoms with Gasteiger partial charge < -0.3 is 10.1 Å². The molecule has 0 spiro atoms. The summed E-state index contributed by atoms with van der Waals surface area (Å²) in [5.41, 5.74) is 0.824. The third-order valence-corrected chi connectivity index (χ3v) is 3.02. The van der Waals surface area contributed by atoms with Crippen molar-refractivity contribution < 1.29 is 22.7 Å². The van der Waals surface area contributed by atoms with Gasteiger partial charge in [0.05, 0.1) is 7.11 Å². The maximum absolute atomic E-state index is 12.3. The minimum absolute atomic E-state index is 0.237. The number of aryl methyl sites for hydroxylation is 1. The van der Waals surface area contributed by atoms with Gasteiger partial charge in [0.15, 0.2) is 0 Å². The number of halogens is 3. The Labute approximate surface area is 146 Å². The molecule has 0 saturated heterocycles. The molecule has 0 bridgehead atoms. The van der Waals surface area contributed by atoms with E-state index in [1.165, 1.54) is 31.6 Å². The van der Waals surface area contributed by atoms with E-state index in [4.69, 9.17) is 4.74 Å². The lowest BCUT2D eigenvalue weighted by Gasteiger charge is -2.08. The minimum Gasteiger partial charge on any atom is -0.496 e. The SMILES string of the molecule is C=C(C=CC/C(=C\C)C(F)(F)F)NC(C)=O.COc1ccccc1C. The molecule has 1 rings (SSSR count). The Hall–Kier alpha value is -2.50. The normalized spacial score (nSPS) is 11.6. The second kappa shape index (κ2) is 11.1. The molecule has 0 aliphatic rings. The van der Waals surface area contributed by atoms with E-state index in [9.17, 15) is 18.0 Å². The fraction of sp³-hybridized carbons (Fsp3) is 0.316. The molecular weight excluding hydrogens is 331 g/mol. The molecule has 0 atom stereocenters. The Kier molecular flexibility index (Phi) is 10.0. The third-order valence-electron chi connectivity index (χ3n) is 3.02. The zero-order chi connectivity index (χ0) is 19.5. The van der Waals surface area contributed by atoms with Gasteiger partial charge in [0, 0.05) is 18.2 Å². The van der Waals surface area contributed by atoms with Gasteiger partial charge in [0.2, 0.25) is 5.91 Å². The molecule has 0 fully saturated rings.